The Morgan fingerprint density at radius 2 is 1.60 bits per heavy atom. The number of hydrogen-bond donors (Lipinski definition) is 2. The van der Waals surface area contributed by atoms with Gasteiger partial charge < -0.3 is 15.4 Å². The highest BCUT2D eigenvalue weighted by molar-refractivity contribution is 5.64. The summed E-state index contributed by atoms with van der Waals surface area (Å²) in [6.45, 7) is 1.25. The number of anilines is 2. The van der Waals surface area contributed by atoms with Crippen LogP contribution in [-0.2, 0) is 13.1 Å². The third-order valence-corrected chi connectivity index (χ3v) is 4.60. The van der Waals surface area contributed by atoms with Gasteiger partial charge in [-0.3, -0.25) is 4.98 Å². The molecule has 0 aliphatic heterocycles. The second kappa shape index (κ2) is 9.52. The minimum absolute atomic E-state index is 0.570. The van der Waals surface area contributed by atoms with Crippen molar-refractivity contribution < 1.29 is 4.74 Å². The van der Waals surface area contributed by atoms with E-state index in [1.807, 2.05) is 79.0 Å². The molecule has 0 saturated heterocycles. The summed E-state index contributed by atoms with van der Waals surface area (Å²) in [6.07, 6.45) is 3.61. The van der Waals surface area contributed by atoms with Crippen LogP contribution in [0.15, 0.2) is 85.2 Å². The van der Waals surface area contributed by atoms with Crippen LogP contribution in [0.3, 0.4) is 0 Å². The molecule has 0 radical (unpaired) electrons. The zero-order chi connectivity index (χ0) is 20.6. The number of hydrogen-bond acceptors (Lipinski definition) is 6. The maximum absolute atomic E-state index is 5.22. The molecule has 2 heterocycles. The Morgan fingerprint density at radius 1 is 0.800 bits per heavy atom. The lowest BCUT2D eigenvalue weighted by Crippen LogP contribution is -2.08. The van der Waals surface area contributed by atoms with E-state index in [1.165, 1.54) is 0 Å². The van der Waals surface area contributed by atoms with Crippen molar-refractivity contribution in [1.29, 1.82) is 0 Å². The molecule has 4 aromatic rings. The normalized spacial score (nSPS) is 10.4. The number of benzene rings is 2. The van der Waals surface area contributed by atoms with E-state index < -0.39 is 0 Å². The SMILES string of the molecule is COc1ccc(CNc2nc(NCc3cccnc3)cc(-c3ccccc3)n2)cc1. The third-order valence-electron chi connectivity index (χ3n) is 4.60. The van der Waals surface area contributed by atoms with Crippen molar-refractivity contribution in [3.8, 4) is 17.0 Å². The number of methoxy groups -OCH3 is 1. The molecule has 2 N–H and O–H groups in total. The van der Waals surface area contributed by atoms with Crippen LogP contribution >= 0.6 is 0 Å². The topological polar surface area (TPSA) is 72.0 Å². The number of aromatic nitrogens is 3. The Hall–Kier alpha value is -3.93. The van der Waals surface area contributed by atoms with Gasteiger partial charge >= 0.3 is 0 Å². The molecule has 6 heteroatoms. The van der Waals surface area contributed by atoms with Crippen LogP contribution in [0.5, 0.6) is 5.75 Å². The van der Waals surface area contributed by atoms with Gasteiger partial charge in [-0.25, -0.2) is 4.98 Å². The van der Waals surface area contributed by atoms with Crippen LogP contribution in [0.2, 0.25) is 0 Å². The summed E-state index contributed by atoms with van der Waals surface area (Å²) in [5.41, 5.74) is 4.10. The standard InChI is InChI=1S/C24H23N5O/c1-30-21-11-9-18(10-12-21)16-27-24-28-22(20-7-3-2-4-8-20)14-23(29-24)26-17-19-6-5-13-25-15-19/h2-15H,16-17H2,1H3,(H2,26,27,28,29). The van der Waals surface area contributed by atoms with E-state index in [2.05, 4.69) is 20.6 Å². The van der Waals surface area contributed by atoms with Crippen LogP contribution in [-0.4, -0.2) is 22.1 Å². The largest absolute Gasteiger partial charge is 0.497 e. The van der Waals surface area contributed by atoms with Gasteiger partial charge in [0.25, 0.3) is 0 Å². The number of nitrogens with zero attached hydrogens (tertiary/aromatic N) is 3. The van der Waals surface area contributed by atoms with E-state index in [9.17, 15) is 0 Å². The first-order valence-electron chi connectivity index (χ1n) is 9.74. The molecular formula is C24H23N5O. The second-order valence-electron chi connectivity index (χ2n) is 6.74. The van der Waals surface area contributed by atoms with Gasteiger partial charge in [-0.15, -0.1) is 0 Å². The lowest BCUT2D eigenvalue weighted by atomic mass is 10.1. The fourth-order valence-electron chi connectivity index (χ4n) is 2.99. The van der Waals surface area contributed by atoms with Crippen LogP contribution in [0.25, 0.3) is 11.3 Å². The van der Waals surface area contributed by atoms with Crippen molar-refractivity contribution in [3.05, 3.63) is 96.3 Å². The Labute approximate surface area is 176 Å². The Morgan fingerprint density at radius 3 is 2.33 bits per heavy atom. The number of ether oxygens (including phenoxy) is 1. The Kier molecular flexibility index (Phi) is 6.15. The average molecular weight is 397 g/mol. The fourth-order valence-corrected chi connectivity index (χ4v) is 2.99. The second-order valence-corrected chi connectivity index (χ2v) is 6.74. The van der Waals surface area contributed by atoms with E-state index >= 15 is 0 Å². The molecule has 0 amide bonds. The zero-order valence-corrected chi connectivity index (χ0v) is 16.7. The van der Waals surface area contributed by atoms with E-state index in [1.54, 1.807) is 13.3 Å². The van der Waals surface area contributed by atoms with Gasteiger partial charge in [0.15, 0.2) is 0 Å². The monoisotopic (exact) mass is 397 g/mol. The van der Waals surface area contributed by atoms with Crippen molar-refractivity contribution in [2.75, 3.05) is 17.7 Å². The molecule has 0 fully saturated rings. The van der Waals surface area contributed by atoms with Gasteiger partial charge in [-0.05, 0) is 29.3 Å². The summed E-state index contributed by atoms with van der Waals surface area (Å²) in [5.74, 6) is 2.16. The van der Waals surface area contributed by atoms with Crippen molar-refractivity contribution >= 4 is 11.8 Å². The summed E-state index contributed by atoms with van der Waals surface area (Å²) in [6, 6.07) is 23.9. The average Bonchev–Trinajstić information content (AvgIpc) is 2.83. The van der Waals surface area contributed by atoms with Gasteiger partial charge in [0.05, 0.1) is 12.8 Å². The van der Waals surface area contributed by atoms with Gasteiger partial charge in [0.1, 0.15) is 11.6 Å². The van der Waals surface area contributed by atoms with Crippen LogP contribution in [0.1, 0.15) is 11.1 Å². The predicted molar refractivity (Wildman–Crippen MR) is 119 cm³/mol. The van der Waals surface area contributed by atoms with Gasteiger partial charge in [-0.2, -0.15) is 4.98 Å². The molecular weight excluding hydrogens is 374 g/mol. The van der Waals surface area contributed by atoms with E-state index in [0.717, 1.165) is 34.0 Å². The van der Waals surface area contributed by atoms with E-state index in [-0.39, 0.29) is 0 Å². The van der Waals surface area contributed by atoms with E-state index in [0.29, 0.717) is 19.0 Å². The molecule has 150 valence electrons. The third kappa shape index (κ3) is 5.11. The van der Waals surface area contributed by atoms with E-state index in [4.69, 9.17) is 9.72 Å². The molecule has 0 aliphatic rings. The first-order chi connectivity index (χ1) is 14.8. The van der Waals surface area contributed by atoms with Crippen LogP contribution < -0.4 is 15.4 Å². The Balaban J connectivity index is 1.54. The maximum Gasteiger partial charge on any atom is 0.225 e. The molecule has 0 atom stereocenters. The quantitative estimate of drug-likeness (QED) is 0.446. The van der Waals surface area contributed by atoms with Crippen molar-refractivity contribution in [2.24, 2.45) is 0 Å². The zero-order valence-electron chi connectivity index (χ0n) is 16.7. The number of nitrogens with one attached hydrogen (secondary N) is 2. The molecule has 0 aliphatic carbocycles. The van der Waals surface area contributed by atoms with Crippen LogP contribution in [0.4, 0.5) is 11.8 Å². The molecule has 0 spiro atoms. The minimum Gasteiger partial charge on any atom is -0.497 e. The van der Waals surface area contributed by atoms with Crippen molar-refractivity contribution in [1.82, 2.24) is 15.0 Å². The van der Waals surface area contributed by atoms with Gasteiger partial charge in [0, 0.05) is 37.1 Å². The fraction of sp³-hybridized carbons (Fsp3) is 0.125. The summed E-state index contributed by atoms with van der Waals surface area (Å²) in [7, 11) is 1.66. The summed E-state index contributed by atoms with van der Waals surface area (Å²) < 4.78 is 5.22. The highest BCUT2D eigenvalue weighted by atomic mass is 16.5. The van der Waals surface area contributed by atoms with Crippen molar-refractivity contribution in [3.63, 3.8) is 0 Å². The minimum atomic E-state index is 0.570. The number of pyridine rings is 1. The molecule has 30 heavy (non-hydrogen) atoms. The summed E-state index contributed by atoms with van der Waals surface area (Å²) in [5, 5.41) is 6.71. The van der Waals surface area contributed by atoms with Gasteiger partial charge in [0.2, 0.25) is 5.95 Å². The molecule has 0 bridgehead atoms. The summed E-state index contributed by atoms with van der Waals surface area (Å²) in [4.78, 5) is 13.5. The molecule has 2 aromatic carbocycles. The molecule has 4 rings (SSSR count). The first kappa shape index (κ1) is 19.4. The highest BCUT2D eigenvalue weighted by Gasteiger charge is 2.07. The maximum atomic E-state index is 5.22. The Bertz CT molecular complexity index is 1070. The lowest BCUT2D eigenvalue weighted by Gasteiger charge is -2.12. The smallest absolute Gasteiger partial charge is 0.225 e. The highest BCUT2D eigenvalue weighted by Crippen LogP contribution is 2.22. The predicted octanol–water partition coefficient (Wildman–Crippen LogP) is 4.77. The molecule has 0 unspecified atom stereocenters. The van der Waals surface area contributed by atoms with Crippen molar-refractivity contribution in [2.45, 2.75) is 13.1 Å². The molecule has 0 saturated carbocycles. The first-order valence-corrected chi connectivity index (χ1v) is 9.74. The van der Waals surface area contributed by atoms with Gasteiger partial charge in [-0.1, -0.05) is 48.5 Å². The molecule has 6 nitrogen and oxygen atoms in total. The lowest BCUT2D eigenvalue weighted by molar-refractivity contribution is 0.414. The molecule has 2 aromatic heterocycles. The summed E-state index contributed by atoms with van der Waals surface area (Å²) >= 11 is 0. The van der Waals surface area contributed by atoms with Crippen LogP contribution in [0, 0.1) is 0 Å². The number of rotatable bonds is 8.